The van der Waals surface area contributed by atoms with Crippen molar-refractivity contribution in [2.45, 2.75) is 12.5 Å². The number of piperidine rings is 1. The first-order valence-electron chi connectivity index (χ1n) is 9.17. The van der Waals surface area contributed by atoms with Crippen LogP contribution in [-0.4, -0.2) is 60.3 Å². The molecule has 0 bridgehead atoms. The highest BCUT2D eigenvalue weighted by molar-refractivity contribution is 5.91. The molecule has 1 aromatic heterocycles. The van der Waals surface area contributed by atoms with Crippen LogP contribution in [-0.2, 0) is 14.3 Å². The first kappa shape index (κ1) is 17.8. The van der Waals surface area contributed by atoms with Gasteiger partial charge in [0.25, 0.3) is 0 Å². The van der Waals surface area contributed by atoms with Crippen LogP contribution < -0.4 is 11.1 Å². The molecule has 0 spiro atoms. The van der Waals surface area contributed by atoms with Crippen molar-refractivity contribution >= 4 is 23.9 Å². The maximum Gasteiger partial charge on any atom is 0.410 e. The van der Waals surface area contributed by atoms with Crippen molar-refractivity contribution in [2.24, 2.45) is 17.8 Å². The summed E-state index contributed by atoms with van der Waals surface area (Å²) >= 11 is 0. The third-order valence-electron chi connectivity index (χ3n) is 5.53. The van der Waals surface area contributed by atoms with Gasteiger partial charge in [-0.2, -0.15) is 0 Å². The van der Waals surface area contributed by atoms with E-state index in [9.17, 15) is 9.59 Å². The van der Waals surface area contributed by atoms with Gasteiger partial charge < -0.3 is 25.4 Å². The van der Waals surface area contributed by atoms with Crippen LogP contribution in [0.5, 0.6) is 0 Å². The number of pyridine rings is 1. The number of carbonyl (C=O) groups is 2. The van der Waals surface area contributed by atoms with E-state index in [1.165, 1.54) is 6.08 Å². The molecule has 2 saturated heterocycles. The van der Waals surface area contributed by atoms with Crippen molar-refractivity contribution in [3.8, 4) is 0 Å². The molecule has 27 heavy (non-hydrogen) atoms. The lowest BCUT2D eigenvalue weighted by Gasteiger charge is -2.38. The number of likely N-dealkylation sites (tertiary alicyclic amines) is 1. The largest absolute Gasteiger partial charge is 0.438 e. The number of anilines is 1. The number of ether oxygens (including phenoxy) is 2. The summed E-state index contributed by atoms with van der Waals surface area (Å²) < 4.78 is 10.6. The summed E-state index contributed by atoms with van der Waals surface area (Å²) in [5.41, 5.74) is 5.88. The van der Waals surface area contributed by atoms with Gasteiger partial charge in [0.05, 0.1) is 13.2 Å². The Kier molecular flexibility index (Phi) is 4.51. The molecule has 1 saturated carbocycles. The van der Waals surface area contributed by atoms with Gasteiger partial charge in [-0.1, -0.05) is 0 Å². The molecule has 8 heteroatoms. The standard InChI is InChI=1S/C19H24N4O4/c1-19(10-26-11-19)27-18(25)23-8-14-13(15(14)9-23)7-22-17(24)5-3-12-2-4-16(20)21-6-12/h2-6,13-15H,7-11H2,1H3,(H2,20,21)(H,22,24)/b5-3+/t13?,14-,15+. The number of amides is 2. The van der Waals surface area contributed by atoms with Crippen molar-refractivity contribution in [1.82, 2.24) is 15.2 Å². The van der Waals surface area contributed by atoms with Crippen LogP contribution >= 0.6 is 0 Å². The van der Waals surface area contributed by atoms with Crippen LogP contribution in [0.3, 0.4) is 0 Å². The Morgan fingerprint density at radius 2 is 2.15 bits per heavy atom. The van der Waals surface area contributed by atoms with E-state index in [0.717, 1.165) is 5.56 Å². The minimum absolute atomic E-state index is 0.133. The molecular formula is C19H24N4O4. The number of fused-ring (bicyclic) bond motifs is 1. The maximum absolute atomic E-state index is 12.2. The summed E-state index contributed by atoms with van der Waals surface area (Å²) in [6, 6.07) is 3.50. The van der Waals surface area contributed by atoms with Crippen molar-refractivity contribution in [3.05, 3.63) is 30.0 Å². The van der Waals surface area contributed by atoms with Gasteiger partial charge in [0.15, 0.2) is 5.60 Å². The Hall–Kier alpha value is -2.61. The number of hydrogen-bond acceptors (Lipinski definition) is 6. The molecule has 144 valence electrons. The molecule has 3 heterocycles. The molecule has 0 aromatic carbocycles. The van der Waals surface area contributed by atoms with E-state index in [-0.39, 0.29) is 12.0 Å². The Morgan fingerprint density at radius 1 is 1.41 bits per heavy atom. The monoisotopic (exact) mass is 372 g/mol. The third kappa shape index (κ3) is 3.90. The summed E-state index contributed by atoms with van der Waals surface area (Å²) in [5, 5.41) is 2.93. The summed E-state index contributed by atoms with van der Waals surface area (Å²) in [5.74, 6) is 1.66. The minimum atomic E-state index is -0.469. The molecule has 1 aliphatic carbocycles. The quantitative estimate of drug-likeness (QED) is 0.744. The van der Waals surface area contributed by atoms with Crippen LogP contribution in [0.1, 0.15) is 12.5 Å². The molecule has 8 nitrogen and oxygen atoms in total. The Bertz CT molecular complexity index is 747. The molecular weight excluding hydrogens is 348 g/mol. The summed E-state index contributed by atoms with van der Waals surface area (Å²) in [4.78, 5) is 29.9. The Labute approximate surface area is 157 Å². The van der Waals surface area contributed by atoms with Gasteiger partial charge in [-0.15, -0.1) is 0 Å². The predicted molar refractivity (Wildman–Crippen MR) is 98.4 cm³/mol. The normalized spacial score (nSPS) is 27.7. The number of rotatable bonds is 5. The van der Waals surface area contributed by atoms with Crippen molar-refractivity contribution < 1.29 is 19.1 Å². The lowest BCUT2D eigenvalue weighted by atomic mass is 10.1. The minimum Gasteiger partial charge on any atom is -0.438 e. The predicted octanol–water partition coefficient (Wildman–Crippen LogP) is 0.896. The Morgan fingerprint density at radius 3 is 2.74 bits per heavy atom. The van der Waals surface area contributed by atoms with Crippen LogP contribution in [0.4, 0.5) is 10.6 Å². The number of nitrogens with zero attached hydrogens (tertiary/aromatic N) is 2. The molecule has 2 aliphatic heterocycles. The fraction of sp³-hybridized carbons (Fsp3) is 0.526. The SMILES string of the molecule is CC1(OC(=O)N2C[C@@H]3C(CNC(=O)/C=C/c4ccc(N)nc4)[C@@H]3C2)COC1. The molecule has 1 aromatic rings. The van der Waals surface area contributed by atoms with Crippen LogP contribution in [0.2, 0.25) is 0 Å². The average molecular weight is 372 g/mol. The highest BCUT2D eigenvalue weighted by Crippen LogP contribution is 2.51. The van der Waals surface area contributed by atoms with E-state index in [1.807, 2.05) is 6.92 Å². The van der Waals surface area contributed by atoms with Crippen LogP contribution in [0.15, 0.2) is 24.4 Å². The number of carbonyl (C=O) groups excluding carboxylic acids is 2. The lowest BCUT2D eigenvalue weighted by molar-refractivity contribution is -0.171. The summed E-state index contributed by atoms with van der Waals surface area (Å²) in [6.07, 6.45) is 4.57. The van der Waals surface area contributed by atoms with Gasteiger partial charge in [0.2, 0.25) is 5.91 Å². The number of aromatic nitrogens is 1. The molecule has 2 amide bonds. The topological polar surface area (TPSA) is 107 Å². The second-order valence-corrected chi connectivity index (χ2v) is 7.80. The van der Waals surface area contributed by atoms with Gasteiger partial charge in [-0.25, -0.2) is 9.78 Å². The zero-order chi connectivity index (χ0) is 19.0. The second kappa shape index (κ2) is 6.84. The number of hydrogen-bond donors (Lipinski definition) is 2. The fourth-order valence-corrected chi connectivity index (χ4v) is 3.79. The van der Waals surface area contributed by atoms with Crippen LogP contribution in [0.25, 0.3) is 6.08 Å². The number of nitrogens with one attached hydrogen (secondary N) is 1. The van der Waals surface area contributed by atoms with Gasteiger partial charge in [0.1, 0.15) is 5.82 Å². The van der Waals surface area contributed by atoms with E-state index < -0.39 is 5.60 Å². The molecule has 4 rings (SSSR count). The molecule has 3 aliphatic rings. The van der Waals surface area contributed by atoms with Gasteiger partial charge in [-0.05, 0) is 48.4 Å². The van der Waals surface area contributed by atoms with Crippen molar-refractivity contribution in [1.29, 1.82) is 0 Å². The molecule has 3 fully saturated rings. The summed E-state index contributed by atoms with van der Waals surface area (Å²) in [7, 11) is 0. The zero-order valence-corrected chi connectivity index (χ0v) is 15.3. The third-order valence-corrected chi connectivity index (χ3v) is 5.53. The Balaban J connectivity index is 1.17. The molecule has 3 atom stereocenters. The van der Waals surface area contributed by atoms with E-state index in [2.05, 4.69) is 10.3 Å². The molecule has 0 radical (unpaired) electrons. The first-order valence-corrected chi connectivity index (χ1v) is 9.17. The maximum atomic E-state index is 12.2. The van der Waals surface area contributed by atoms with E-state index >= 15 is 0 Å². The average Bonchev–Trinajstić information content (AvgIpc) is 3.07. The van der Waals surface area contributed by atoms with Gasteiger partial charge in [-0.3, -0.25) is 4.79 Å². The second-order valence-electron chi connectivity index (χ2n) is 7.80. The van der Waals surface area contributed by atoms with Gasteiger partial charge in [0, 0.05) is 31.9 Å². The van der Waals surface area contributed by atoms with Crippen LogP contribution in [0, 0.1) is 17.8 Å². The zero-order valence-electron chi connectivity index (χ0n) is 15.3. The smallest absolute Gasteiger partial charge is 0.410 e. The van der Waals surface area contributed by atoms with E-state index in [1.54, 1.807) is 29.3 Å². The highest BCUT2D eigenvalue weighted by Gasteiger charge is 2.57. The van der Waals surface area contributed by atoms with E-state index in [0.29, 0.717) is 56.4 Å². The van der Waals surface area contributed by atoms with Gasteiger partial charge >= 0.3 is 6.09 Å². The lowest BCUT2D eigenvalue weighted by Crippen LogP contribution is -2.52. The highest BCUT2D eigenvalue weighted by atomic mass is 16.6. The number of nitrogens with two attached hydrogens (primary N) is 1. The number of nitrogen functional groups attached to an aromatic ring is 1. The molecule has 1 unspecified atom stereocenters. The fourth-order valence-electron chi connectivity index (χ4n) is 3.79. The van der Waals surface area contributed by atoms with Crippen molar-refractivity contribution in [2.75, 3.05) is 38.6 Å². The van der Waals surface area contributed by atoms with Crippen molar-refractivity contribution in [3.63, 3.8) is 0 Å². The van der Waals surface area contributed by atoms with E-state index in [4.69, 9.17) is 15.2 Å². The molecule has 3 N–H and O–H groups in total. The summed E-state index contributed by atoms with van der Waals surface area (Å²) in [6.45, 7) is 4.86. The first-order chi connectivity index (χ1) is 12.9.